The lowest BCUT2D eigenvalue weighted by Crippen LogP contribution is -2.32. The van der Waals surface area contributed by atoms with Crippen molar-refractivity contribution >= 4 is 17.9 Å². The third-order valence-corrected chi connectivity index (χ3v) is 5.59. The Hall–Kier alpha value is -3.95. The Balaban J connectivity index is 1.30. The number of carbonyl (C=O) groups excluding carboxylic acids is 2. The molecule has 2 amide bonds. The molecule has 0 saturated carbocycles. The summed E-state index contributed by atoms with van der Waals surface area (Å²) < 4.78 is 29.0. The number of aromatic nitrogens is 4. The number of benzene rings is 1. The standard InChI is InChI=1S/C24H24F2N6O2/c25-19-5-6-20(26)18(14-19)4-8-24(34)31-11-9-21-29-30-22(32(21)13-12-31)16-28-23(33)7-3-17-2-1-10-27-15-17/h1-2,4-6,8,10,14-15H,3,7,9,11-13,16H2,(H,28,33)/b8-4+. The molecule has 0 bridgehead atoms. The van der Waals surface area contributed by atoms with Gasteiger partial charge in [0, 0.05) is 56.5 Å². The highest BCUT2D eigenvalue weighted by Gasteiger charge is 2.21. The summed E-state index contributed by atoms with van der Waals surface area (Å²) in [5.74, 6) is -0.210. The van der Waals surface area contributed by atoms with Crippen molar-refractivity contribution in [1.82, 2.24) is 30.0 Å². The Labute approximate surface area is 195 Å². The second kappa shape index (κ2) is 10.8. The lowest BCUT2D eigenvalue weighted by atomic mass is 10.1. The van der Waals surface area contributed by atoms with Gasteiger partial charge in [-0.1, -0.05) is 6.07 Å². The molecular formula is C24H24F2N6O2. The van der Waals surface area contributed by atoms with Gasteiger partial charge < -0.3 is 14.8 Å². The highest BCUT2D eigenvalue weighted by molar-refractivity contribution is 5.91. The maximum absolute atomic E-state index is 13.8. The van der Waals surface area contributed by atoms with Crippen molar-refractivity contribution in [2.24, 2.45) is 0 Å². The van der Waals surface area contributed by atoms with Crippen molar-refractivity contribution in [1.29, 1.82) is 0 Å². The predicted molar refractivity (Wildman–Crippen MR) is 120 cm³/mol. The minimum Gasteiger partial charge on any atom is -0.349 e. The van der Waals surface area contributed by atoms with Gasteiger partial charge in [-0.25, -0.2) is 8.78 Å². The van der Waals surface area contributed by atoms with Crippen LogP contribution in [0.5, 0.6) is 0 Å². The van der Waals surface area contributed by atoms with E-state index in [-0.39, 0.29) is 23.9 Å². The van der Waals surface area contributed by atoms with Crippen LogP contribution in [0.15, 0.2) is 48.8 Å². The molecule has 176 valence electrons. The highest BCUT2D eigenvalue weighted by atomic mass is 19.1. The molecule has 1 aliphatic heterocycles. The average molecular weight is 466 g/mol. The smallest absolute Gasteiger partial charge is 0.246 e. The summed E-state index contributed by atoms with van der Waals surface area (Å²) in [5.41, 5.74) is 1.01. The van der Waals surface area contributed by atoms with Crippen molar-refractivity contribution in [3.8, 4) is 0 Å². The fourth-order valence-electron chi connectivity index (χ4n) is 3.71. The summed E-state index contributed by atoms with van der Waals surface area (Å²) in [5, 5.41) is 11.3. The molecular weight excluding hydrogens is 442 g/mol. The van der Waals surface area contributed by atoms with Crippen molar-refractivity contribution in [2.45, 2.75) is 32.4 Å². The maximum Gasteiger partial charge on any atom is 0.246 e. The molecule has 34 heavy (non-hydrogen) atoms. The molecule has 0 atom stereocenters. The Morgan fingerprint density at radius 2 is 2.00 bits per heavy atom. The van der Waals surface area contributed by atoms with E-state index < -0.39 is 11.6 Å². The molecule has 0 spiro atoms. The number of rotatable bonds is 7. The van der Waals surface area contributed by atoms with E-state index in [9.17, 15) is 18.4 Å². The van der Waals surface area contributed by atoms with Gasteiger partial charge in [0.25, 0.3) is 0 Å². The number of fused-ring (bicyclic) bond motifs is 1. The summed E-state index contributed by atoms with van der Waals surface area (Å²) in [4.78, 5) is 30.5. The van der Waals surface area contributed by atoms with Crippen molar-refractivity contribution in [3.05, 3.63) is 83.2 Å². The van der Waals surface area contributed by atoms with E-state index >= 15 is 0 Å². The van der Waals surface area contributed by atoms with Gasteiger partial charge in [0.1, 0.15) is 17.5 Å². The number of hydrogen-bond acceptors (Lipinski definition) is 5. The first-order valence-corrected chi connectivity index (χ1v) is 11.0. The summed E-state index contributed by atoms with van der Waals surface area (Å²) in [6.45, 7) is 1.54. The molecule has 1 N–H and O–H groups in total. The van der Waals surface area contributed by atoms with Crippen LogP contribution in [0.3, 0.4) is 0 Å². The van der Waals surface area contributed by atoms with Crippen molar-refractivity contribution in [2.75, 3.05) is 13.1 Å². The van der Waals surface area contributed by atoms with Gasteiger partial charge in [-0.2, -0.15) is 0 Å². The van der Waals surface area contributed by atoms with Gasteiger partial charge in [0.15, 0.2) is 5.82 Å². The maximum atomic E-state index is 13.8. The topological polar surface area (TPSA) is 93.0 Å². The van der Waals surface area contributed by atoms with E-state index in [4.69, 9.17) is 0 Å². The first-order chi connectivity index (χ1) is 16.5. The van der Waals surface area contributed by atoms with Gasteiger partial charge in [0.05, 0.1) is 6.54 Å². The third-order valence-electron chi connectivity index (χ3n) is 5.59. The van der Waals surface area contributed by atoms with Crippen LogP contribution in [-0.2, 0) is 35.5 Å². The van der Waals surface area contributed by atoms with Gasteiger partial charge in [-0.3, -0.25) is 14.6 Å². The molecule has 0 saturated heterocycles. The van der Waals surface area contributed by atoms with Crippen molar-refractivity contribution < 1.29 is 18.4 Å². The minimum absolute atomic E-state index is 0.0156. The fourth-order valence-corrected chi connectivity index (χ4v) is 3.71. The van der Waals surface area contributed by atoms with Crippen LogP contribution < -0.4 is 5.32 Å². The average Bonchev–Trinajstić information content (AvgIpc) is 3.11. The summed E-state index contributed by atoms with van der Waals surface area (Å²) >= 11 is 0. The second-order valence-corrected chi connectivity index (χ2v) is 7.90. The van der Waals surface area contributed by atoms with Gasteiger partial charge in [0.2, 0.25) is 11.8 Å². The number of carbonyl (C=O) groups is 2. The van der Waals surface area contributed by atoms with E-state index in [0.29, 0.717) is 44.7 Å². The molecule has 8 nitrogen and oxygen atoms in total. The van der Waals surface area contributed by atoms with Crippen LogP contribution in [0, 0.1) is 11.6 Å². The first kappa shape index (κ1) is 23.2. The minimum atomic E-state index is -0.598. The summed E-state index contributed by atoms with van der Waals surface area (Å²) in [6.07, 6.45) is 7.38. The summed E-state index contributed by atoms with van der Waals surface area (Å²) in [6, 6.07) is 6.86. The van der Waals surface area contributed by atoms with Gasteiger partial charge in [-0.15, -0.1) is 10.2 Å². The van der Waals surface area contributed by atoms with Gasteiger partial charge in [-0.05, 0) is 42.3 Å². The van der Waals surface area contributed by atoms with E-state index in [2.05, 4.69) is 20.5 Å². The Kier molecular flexibility index (Phi) is 7.36. The number of hydrogen-bond donors (Lipinski definition) is 1. The number of aryl methyl sites for hydroxylation is 1. The SMILES string of the molecule is O=C(CCc1cccnc1)NCc1nnc2n1CCN(C(=O)/C=C/c1cc(F)ccc1F)CC2. The quantitative estimate of drug-likeness (QED) is 0.540. The number of halogens is 2. The molecule has 0 aliphatic carbocycles. The Morgan fingerprint density at radius 3 is 2.82 bits per heavy atom. The molecule has 0 fully saturated rings. The predicted octanol–water partition coefficient (Wildman–Crippen LogP) is 2.30. The van der Waals surface area contributed by atoms with Crippen LogP contribution >= 0.6 is 0 Å². The molecule has 3 heterocycles. The van der Waals surface area contributed by atoms with E-state index in [1.165, 1.54) is 12.2 Å². The number of amides is 2. The molecule has 0 unspecified atom stereocenters. The molecule has 1 aromatic carbocycles. The molecule has 0 radical (unpaired) electrons. The van der Waals surface area contributed by atoms with Crippen molar-refractivity contribution in [3.63, 3.8) is 0 Å². The van der Waals surface area contributed by atoms with Crippen LogP contribution in [0.2, 0.25) is 0 Å². The third kappa shape index (κ3) is 5.89. The van der Waals surface area contributed by atoms with E-state index in [0.717, 1.165) is 29.6 Å². The van der Waals surface area contributed by atoms with Crippen LogP contribution in [-0.4, -0.2) is 49.6 Å². The number of nitrogens with zero attached hydrogens (tertiary/aromatic N) is 5. The zero-order valence-electron chi connectivity index (χ0n) is 18.5. The number of pyridine rings is 1. The zero-order chi connectivity index (χ0) is 23.9. The highest BCUT2D eigenvalue weighted by Crippen LogP contribution is 2.13. The summed E-state index contributed by atoms with van der Waals surface area (Å²) in [7, 11) is 0. The first-order valence-electron chi connectivity index (χ1n) is 11.0. The van der Waals surface area contributed by atoms with Crippen LogP contribution in [0.25, 0.3) is 6.08 Å². The van der Waals surface area contributed by atoms with Gasteiger partial charge >= 0.3 is 0 Å². The normalized spacial score (nSPS) is 13.5. The number of nitrogens with one attached hydrogen (secondary N) is 1. The Morgan fingerprint density at radius 1 is 1.12 bits per heavy atom. The Bertz CT molecular complexity index is 1200. The second-order valence-electron chi connectivity index (χ2n) is 7.90. The largest absolute Gasteiger partial charge is 0.349 e. The van der Waals surface area contributed by atoms with Crippen LogP contribution in [0.1, 0.15) is 29.2 Å². The lowest BCUT2D eigenvalue weighted by molar-refractivity contribution is -0.126. The van der Waals surface area contributed by atoms with Crippen LogP contribution in [0.4, 0.5) is 8.78 Å². The van der Waals surface area contributed by atoms with E-state index in [1.807, 2.05) is 16.7 Å². The zero-order valence-corrected chi connectivity index (χ0v) is 18.5. The lowest BCUT2D eigenvalue weighted by Gasteiger charge is -2.18. The molecule has 2 aromatic heterocycles. The molecule has 3 aromatic rings. The molecule has 1 aliphatic rings. The monoisotopic (exact) mass is 466 g/mol. The fraction of sp³-hybridized carbons (Fsp3) is 0.292. The molecule has 10 heteroatoms. The molecule has 4 rings (SSSR count). The van der Waals surface area contributed by atoms with E-state index in [1.54, 1.807) is 17.3 Å².